The van der Waals surface area contributed by atoms with Crippen molar-refractivity contribution in [3.05, 3.63) is 60.2 Å². The van der Waals surface area contributed by atoms with Gasteiger partial charge in [-0.1, -0.05) is 42.5 Å². The summed E-state index contributed by atoms with van der Waals surface area (Å²) in [6.07, 6.45) is 1.17. The van der Waals surface area contributed by atoms with Crippen LogP contribution >= 0.6 is 0 Å². The van der Waals surface area contributed by atoms with E-state index >= 15 is 0 Å². The molecule has 2 aromatic rings. The third-order valence-electron chi connectivity index (χ3n) is 4.03. The number of rotatable bonds is 4. The van der Waals surface area contributed by atoms with Gasteiger partial charge < -0.3 is 15.5 Å². The number of para-hydroxylation sites is 2. The predicted octanol–water partition coefficient (Wildman–Crippen LogP) is 2.86. The maximum absolute atomic E-state index is 5.77. The zero-order valence-electron chi connectivity index (χ0n) is 12.4. The highest BCUT2D eigenvalue weighted by Gasteiger charge is 2.19. The van der Waals surface area contributed by atoms with E-state index in [1.165, 1.54) is 23.4 Å². The summed E-state index contributed by atoms with van der Waals surface area (Å²) in [5, 5.41) is 0. The molecule has 110 valence electrons. The van der Waals surface area contributed by atoms with Crippen LogP contribution in [-0.4, -0.2) is 26.2 Å². The van der Waals surface area contributed by atoms with Crippen molar-refractivity contribution in [2.45, 2.75) is 13.0 Å². The molecule has 3 rings (SSSR count). The molecule has 0 atom stereocenters. The van der Waals surface area contributed by atoms with Gasteiger partial charge in [-0.3, -0.25) is 0 Å². The van der Waals surface area contributed by atoms with Crippen molar-refractivity contribution in [3.63, 3.8) is 0 Å². The zero-order chi connectivity index (χ0) is 14.5. The Kier molecular flexibility index (Phi) is 4.41. The van der Waals surface area contributed by atoms with Crippen molar-refractivity contribution in [1.82, 2.24) is 0 Å². The summed E-state index contributed by atoms with van der Waals surface area (Å²) in [6, 6.07) is 19.4. The van der Waals surface area contributed by atoms with Crippen molar-refractivity contribution in [1.29, 1.82) is 0 Å². The van der Waals surface area contributed by atoms with E-state index in [9.17, 15) is 0 Å². The SMILES string of the molecule is NCCN1CCCN(Cc2ccccc2)c2ccccc21. The Morgan fingerprint density at radius 3 is 2.14 bits per heavy atom. The second-order valence-corrected chi connectivity index (χ2v) is 5.53. The van der Waals surface area contributed by atoms with Crippen LogP contribution in [0.1, 0.15) is 12.0 Å². The lowest BCUT2D eigenvalue weighted by Gasteiger charge is -2.27. The molecule has 0 aromatic heterocycles. The van der Waals surface area contributed by atoms with Crippen molar-refractivity contribution >= 4 is 11.4 Å². The molecule has 0 aliphatic carbocycles. The highest BCUT2D eigenvalue weighted by Crippen LogP contribution is 2.32. The second-order valence-electron chi connectivity index (χ2n) is 5.53. The van der Waals surface area contributed by atoms with Crippen molar-refractivity contribution < 1.29 is 0 Å². The molecule has 21 heavy (non-hydrogen) atoms. The van der Waals surface area contributed by atoms with Crippen LogP contribution in [-0.2, 0) is 6.54 Å². The van der Waals surface area contributed by atoms with Gasteiger partial charge in [0.2, 0.25) is 0 Å². The molecule has 2 N–H and O–H groups in total. The van der Waals surface area contributed by atoms with E-state index in [4.69, 9.17) is 5.73 Å². The van der Waals surface area contributed by atoms with Gasteiger partial charge >= 0.3 is 0 Å². The summed E-state index contributed by atoms with van der Waals surface area (Å²) in [5.74, 6) is 0. The molecule has 0 spiro atoms. The van der Waals surface area contributed by atoms with E-state index in [0.717, 1.165) is 26.2 Å². The van der Waals surface area contributed by atoms with Crippen molar-refractivity contribution in [3.8, 4) is 0 Å². The first-order valence-corrected chi connectivity index (χ1v) is 7.71. The normalized spacial score (nSPS) is 14.7. The maximum Gasteiger partial charge on any atom is 0.0607 e. The summed E-state index contributed by atoms with van der Waals surface area (Å²) in [4.78, 5) is 4.90. The molecule has 0 radical (unpaired) electrons. The van der Waals surface area contributed by atoms with Gasteiger partial charge in [0.05, 0.1) is 11.4 Å². The molecule has 0 fully saturated rings. The first kappa shape index (κ1) is 14.0. The summed E-state index contributed by atoms with van der Waals surface area (Å²) in [5.41, 5.74) is 9.77. The zero-order valence-corrected chi connectivity index (χ0v) is 12.4. The summed E-state index contributed by atoms with van der Waals surface area (Å²) < 4.78 is 0. The minimum atomic E-state index is 0.701. The molecule has 0 bridgehead atoms. The Morgan fingerprint density at radius 2 is 1.43 bits per heavy atom. The topological polar surface area (TPSA) is 32.5 Å². The first-order valence-electron chi connectivity index (χ1n) is 7.71. The smallest absolute Gasteiger partial charge is 0.0607 e. The molecule has 1 aliphatic rings. The van der Waals surface area contributed by atoms with Crippen LogP contribution in [0.25, 0.3) is 0 Å². The molecular formula is C18H23N3. The van der Waals surface area contributed by atoms with Crippen molar-refractivity contribution in [2.75, 3.05) is 36.0 Å². The van der Waals surface area contributed by atoms with E-state index in [2.05, 4.69) is 64.4 Å². The third-order valence-corrected chi connectivity index (χ3v) is 4.03. The minimum absolute atomic E-state index is 0.701. The summed E-state index contributed by atoms with van der Waals surface area (Å²) >= 11 is 0. The van der Waals surface area contributed by atoms with E-state index in [1.807, 2.05) is 0 Å². The first-order chi connectivity index (χ1) is 10.4. The third kappa shape index (κ3) is 3.19. The molecule has 1 aliphatic heterocycles. The highest BCUT2D eigenvalue weighted by atomic mass is 15.2. The summed E-state index contributed by atoms with van der Waals surface area (Å²) in [6.45, 7) is 4.77. The fraction of sp³-hybridized carbons (Fsp3) is 0.333. The number of hydrogen-bond donors (Lipinski definition) is 1. The van der Waals surface area contributed by atoms with Gasteiger partial charge in [0.25, 0.3) is 0 Å². The number of nitrogens with two attached hydrogens (primary N) is 1. The average molecular weight is 281 g/mol. The Hall–Kier alpha value is -2.00. The Balaban J connectivity index is 1.89. The number of hydrogen-bond acceptors (Lipinski definition) is 3. The molecule has 3 nitrogen and oxygen atoms in total. The molecule has 0 saturated carbocycles. The highest BCUT2D eigenvalue weighted by molar-refractivity contribution is 5.72. The van der Waals surface area contributed by atoms with Gasteiger partial charge in [0.15, 0.2) is 0 Å². The van der Waals surface area contributed by atoms with Gasteiger partial charge in [-0.2, -0.15) is 0 Å². The van der Waals surface area contributed by atoms with Crippen LogP contribution in [0.15, 0.2) is 54.6 Å². The maximum atomic E-state index is 5.77. The van der Waals surface area contributed by atoms with Crippen LogP contribution < -0.4 is 15.5 Å². The Bertz CT molecular complexity index is 568. The van der Waals surface area contributed by atoms with Gasteiger partial charge in [0, 0.05) is 32.7 Å². The minimum Gasteiger partial charge on any atom is -0.369 e. The number of fused-ring (bicyclic) bond motifs is 1. The second kappa shape index (κ2) is 6.64. The standard InChI is InChI=1S/C18H23N3/c19-11-14-20-12-6-13-21(15-16-7-2-1-3-8-16)18-10-5-4-9-17(18)20/h1-5,7-10H,6,11-15,19H2. The lowest BCUT2D eigenvalue weighted by Crippen LogP contribution is -2.29. The van der Waals surface area contributed by atoms with Crippen LogP contribution in [0, 0.1) is 0 Å². The van der Waals surface area contributed by atoms with Gasteiger partial charge in [-0.15, -0.1) is 0 Å². The number of benzene rings is 2. The van der Waals surface area contributed by atoms with E-state index in [0.29, 0.717) is 6.54 Å². The molecule has 3 heteroatoms. The molecule has 0 amide bonds. The fourth-order valence-electron chi connectivity index (χ4n) is 3.05. The van der Waals surface area contributed by atoms with Gasteiger partial charge in [0.1, 0.15) is 0 Å². The quantitative estimate of drug-likeness (QED) is 0.935. The van der Waals surface area contributed by atoms with Gasteiger partial charge in [-0.25, -0.2) is 0 Å². The number of anilines is 2. The molecule has 0 unspecified atom stereocenters. The Morgan fingerprint density at radius 1 is 0.810 bits per heavy atom. The number of nitrogens with zero attached hydrogens (tertiary/aromatic N) is 2. The Labute approximate surface area is 127 Å². The molecule has 0 saturated heterocycles. The van der Waals surface area contributed by atoms with Crippen LogP contribution in [0.4, 0.5) is 11.4 Å². The molecule has 1 heterocycles. The molecular weight excluding hydrogens is 258 g/mol. The monoisotopic (exact) mass is 281 g/mol. The van der Waals surface area contributed by atoms with Crippen LogP contribution in [0.3, 0.4) is 0 Å². The lowest BCUT2D eigenvalue weighted by molar-refractivity contribution is 0.717. The van der Waals surface area contributed by atoms with E-state index in [-0.39, 0.29) is 0 Å². The van der Waals surface area contributed by atoms with E-state index < -0.39 is 0 Å². The van der Waals surface area contributed by atoms with Crippen molar-refractivity contribution in [2.24, 2.45) is 5.73 Å². The largest absolute Gasteiger partial charge is 0.369 e. The fourth-order valence-corrected chi connectivity index (χ4v) is 3.05. The van der Waals surface area contributed by atoms with Crippen LogP contribution in [0.2, 0.25) is 0 Å². The van der Waals surface area contributed by atoms with Crippen LogP contribution in [0.5, 0.6) is 0 Å². The lowest BCUT2D eigenvalue weighted by atomic mass is 10.2. The predicted molar refractivity (Wildman–Crippen MR) is 89.8 cm³/mol. The molecule has 2 aromatic carbocycles. The van der Waals surface area contributed by atoms with Gasteiger partial charge in [-0.05, 0) is 24.1 Å². The average Bonchev–Trinajstić information content (AvgIpc) is 2.70. The van der Waals surface area contributed by atoms with E-state index in [1.54, 1.807) is 0 Å². The summed E-state index contributed by atoms with van der Waals surface area (Å²) in [7, 11) is 0.